The molecule has 2 aromatic rings. The van der Waals surface area contributed by atoms with E-state index in [0.717, 1.165) is 18.9 Å². The number of non-ortho nitro benzene ring substituents is 1. The number of nitrogens with zero attached hydrogens (tertiary/aromatic N) is 1. The van der Waals surface area contributed by atoms with Crippen molar-refractivity contribution in [2.75, 3.05) is 11.9 Å². The Morgan fingerprint density at radius 3 is 2.38 bits per heavy atom. The molecule has 8 heteroatoms. The highest BCUT2D eigenvalue weighted by atomic mass is 32.2. The number of nitrogens with one attached hydrogen (secondary N) is 1. The molecule has 1 aliphatic carbocycles. The highest BCUT2D eigenvalue weighted by Crippen LogP contribution is 2.48. The van der Waals surface area contributed by atoms with Gasteiger partial charge in [-0.3, -0.25) is 10.1 Å². The Balaban J connectivity index is 1.87. The van der Waals surface area contributed by atoms with Gasteiger partial charge in [-0.15, -0.1) is 0 Å². The zero-order chi connectivity index (χ0) is 17.4. The zero-order valence-corrected chi connectivity index (χ0v) is 13.6. The van der Waals surface area contributed by atoms with Crippen molar-refractivity contribution in [1.29, 1.82) is 0 Å². The third-order valence-corrected chi connectivity index (χ3v) is 5.29. The molecule has 0 unspecified atom stereocenters. The fourth-order valence-electron chi connectivity index (χ4n) is 2.78. The topological polar surface area (TPSA) is 115 Å². The predicted molar refractivity (Wildman–Crippen MR) is 90.3 cm³/mol. The van der Waals surface area contributed by atoms with Gasteiger partial charge in [0.25, 0.3) is 5.69 Å². The van der Waals surface area contributed by atoms with Gasteiger partial charge < -0.3 is 5.32 Å². The van der Waals surface area contributed by atoms with Crippen molar-refractivity contribution in [3.8, 4) is 0 Å². The molecule has 0 spiro atoms. The van der Waals surface area contributed by atoms with E-state index in [1.54, 1.807) is 0 Å². The minimum atomic E-state index is -4.07. The Morgan fingerprint density at radius 1 is 1.17 bits per heavy atom. The number of rotatable bonds is 6. The summed E-state index contributed by atoms with van der Waals surface area (Å²) in [4.78, 5) is 9.94. The van der Waals surface area contributed by atoms with E-state index in [-0.39, 0.29) is 21.7 Å². The maximum absolute atomic E-state index is 11.8. The summed E-state index contributed by atoms with van der Waals surface area (Å²) in [6, 6.07) is 13.6. The first kappa shape index (κ1) is 16.4. The van der Waals surface area contributed by atoms with Crippen LogP contribution >= 0.6 is 0 Å². The Hall–Kier alpha value is -2.45. The van der Waals surface area contributed by atoms with Crippen molar-refractivity contribution in [2.45, 2.75) is 23.2 Å². The summed E-state index contributed by atoms with van der Waals surface area (Å²) in [5, 5.41) is 19.2. The predicted octanol–water partition coefficient (Wildman–Crippen LogP) is 2.39. The van der Waals surface area contributed by atoms with Crippen molar-refractivity contribution in [3.05, 3.63) is 64.2 Å². The van der Waals surface area contributed by atoms with Crippen LogP contribution in [0.2, 0.25) is 0 Å². The van der Waals surface area contributed by atoms with Crippen LogP contribution in [0.3, 0.4) is 0 Å². The highest BCUT2D eigenvalue weighted by Gasteiger charge is 2.44. The SMILES string of the molecule is NS(=O)(=O)c1cc([N+](=O)[O-])ccc1NCC1(c2ccccc2)CC1. The second-order valence-electron chi connectivity index (χ2n) is 5.98. The van der Waals surface area contributed by atoms with E-state index in [9.17, 15) is 18.5 Å². The molecule has 0 aromatic heterocycles. The monoisotopic (exact) mass is 347 g/mol. The minimum absolute atomic E-state index is 0.0291. The maximum atomic E-state index is 11.8. The van der Waals surface area contributed by atoms with Crippen molar-refractivity contribution >= 4 is 21.4 Å². The van der Waals surface area contributed by atoms with Crippen LogP contribution in [0.15, 0.2) is 53.4 Å². The van der Waals surface area contributed by atoms with E-state index in [4.69, 9.17) is 5.14 Å². The lowest BCUT2D eigenvalue weighted by Gasteiger charge is -2.18. The number of nitro groups is 1. The molecule has 0 aliphatic heterocycles. The average molecular weight is 347 g/mol. The molecule has 0 bridgehead atoms. The molecule has 0 radical (unpaired) electrons. The van der Waals surface area contributed by atoms with Gasteiger partial charge in [-0.1, -0.05) is 30.3 Å². The Bertz CT molecular complexity index is 877. The van der Waals surface area contributed by atoms with Crippen molar-refractivity contribution < 1.29 is 13.3 Å². The lowest BCUT2D eigenvalue weighted by Crippen LogP contribution is -2.22. The van der Waals surface area contributed by atoms with Crippen LogP contribution in [0.25, 0.3) is 0 Å². The van der Waals surface area contributed by atoms with Crippen LogP contribution in [0.4, 0.5) is 11.4 Å². The largest absolute Gasteiger partial charge is 0.383 e. The second kappa shape index (κ2) is 5.88. The molecular weight excluding hydrogens is 330 g/mol. The second-order valence-corrected chi connectivity index (χ2v) is 7.51. The Morgan fingerprint density at radius 2 is 1.83 bits per heavy atom. The van der Waals surface area contributed by atoms with Gasteiger partial charge >= 0.3 is 0 Å². The van der Waals surface area contributed by atoms with Gasteiger partial charge in [-0.2, -0.15) is 0 Å². The first-order valence-corrected chi connectivity index (χ1v) is 8.97. The number of hydrogen-bond acceptors (Lipinski definition) is 5. The van der Waals surface area contributed by atoms with E-state index in [2.05, 4.69) is 5.32 Å². The number of nitro benzene ring substituents is 1. The summed E-state index contributed by atoms with van der Waals surface area (Å²) in [5.41, 5.74) is 1.13. The highest BCUT2D eigenvalue weighted by molar-refractivity contribution is 7.89. The van der Waals surface area contributed by atoms with Crippen LogP contribution < -0.4 is 10.5 Å². The van der Waals surface area contributed by atoms with E-state index < -0.39 is 14.9 Å². The van der Waals surface area contributed by atoms with Gasteiger partial charge in [-0.05, 0) is 24.5 Å². The number of sulfonamides is 1. The van der Waals surface area contributed by atoms with Crippen LogP contribution in [-0.4, -0.2) is 19.9 Å². The number of benzene rings is 2. The van der Waals surface area contributed by atoms with E-state index in [0.29, 0.717) is 6.54 Å². The van der Waals surface area contributed by atoms with Gasteiger partial charge in [0.15, 0.2) is 0 Å². The number of hydrogen-bond donors (Lipinski definition) is 2. The first-order valence-electron chi connectivity index (χ1n) is 7.42. The molecule has 3 N–H and O–H groups in total. The number of anilines is 1. The van der Waals surface area contributed by atoms with Crippen molar-refractivity contribution in [1.82, 2.24) is 0 Å². The van der Waals surface area contributed by atoms with Crippen LogP contribution in [0.1, 0.15) is 18.4 Å². The lowest BCUT2D eigenvalue weighted by atomic mass is 9.96. The molecule has 0 heterocycles. The fourth-order valence-corrected chi connectivity index (χ4v) is 3.51. The molecule has 7 nitrogen and oxygen atoms in total. The molecule has 1 fully saturated rings. The molecule has 1 aliphatic rings. The molecule has 0 saturated heterocycles. The summed E-state index contributed by atoms with van der Waals surface area (Å²) >= 11 is 0. The van der Waals surface area contributed by atoms with Crippen molar-refractivity contribution in [3.63, 3.8) is 0 Å². The van der Waals surface area contributed by atoms with Crippen LogP contribution in [0, 0.1) is 10.1 Å². The molecule has 126 valence electrons. The fraction of sp³-hybridized carbons (Fsp3) is 0.250. The molecule has 1 saturated carbocycles. The van der Waals surface area contributed by atoms with Gasteiger partial charge in [0.1, 0.15) is 4.90 Å². The van der Waals surface area contributed by atoms with E-state index in [1.807, 2.05) is 30.3 Å². The molecule has 0 amide bonds. The minimum Gasteiger partial charge on any atom is -0.383 e. The molecular formula is C16H17N3O4S. The summed E-state index contributed by atoms with van der Waals surface area (Å²) in [6.07, 6.45) is 2.00. The number of nitrogens with two attached hydrogens (primary N) is 1. The standard InChI is InChI=1S/C16H17N3O4S/c17-24(22,23)15-10-13(19(20)21)6-7-14(15)18-11-16(8-9-16)12-4-2-1-3-5-12/h1-7,10,18H,8-9,11H2,(H2,17,22,23). The van der Waals surface area contributed by atoms with E-state index >= 15 is 0 Å². The third-order valence-electron chi connectivity index (χ3n) is 4.34. The molecule has 3 rings (SSSR count). The zero-order valence-electron chi connectivity index (χ0n) is 12.8. The maximum Gasteiger partial charge on any atom is 0.270 e. The summed E-state index contributed by atoms with van der Waals surface area (Å²) < 4.78 is 23.5. The van der Waals surface area contributed by atoms with Crippen molar-refractivity contribution in [2.24, 2.45) is 5.14 Å². The quantitative estimate of drug-likeness (QED) is 0.615. The smallest absolute Gasteiger partial charge is 0.270 e. The van der Waals surface area contributed by atoms with E-state index in [1.165, 1.54) is 17.7 Å². The first-order chi connectivity index (χ1) is 11.3. The average Bonchev–Trinajstić information content (AvgIpc) is 3.34. The van der Waals surface area contributed by atoms with Crippen LogP contribution in [-0.2, 0) is 15.4 Å². The summed E-state index contributed by atoms with van der Waals surface area (Å²) in [7, 11) is -4.07. The lowest BCUT2D eigenvalue weighted by molar-refractivity contribution is -0.385. The normalized spacial score (nSPS) is 15.7. The summed E-state index contributed by atoms with van der Waals surface area (Å²) in [6.45, 7) is 0.539. The third kappa shape index (κ3) is 3.24. The van der Waals surface area contributed by atoms with Gasteiger partial charge in [-0.25, -0.2) is 13.6 Å². The van der Waals surface area contributed by atoms with Crippen LogP contribution in [0.5, 0.6) is 0 Å². The van der Waals surface area contributed by atoms with Gasteiger partial charge in [0.2, 0.25) is 10.0 Å². The molecule has 24 heavy (non-hydrogen) atoms. The molecule has 2 aromatic carbocycles. The van der Waals surface area contributed by atoms with Gasteiger partial charge in [0, 0.05) is 24.1 Å². The Labute approximate surface area is 139 Å². The molecule has 0 atom stereocenters. The van der Waals surface area contributed by atoms with Gasteiger partial charge in [0.05, 0.1) is 10.6 Å². The number of primary sulfonamides is 1. The summed E-state index contributed by atoms with van der Waals surface area (Å²) in [5.74, 6) is 0. The Kier molecular flexibility index (Phi) is 4.02.